The topological polar surface area (TPSA) is 44.2 Å². The minimum Gasteiger partial charge on any atom is -0.496 e. The highest BCUT2D eigenvalue weighted by atomic mass is 35.5. The number of halogens is 2. The SMILES string of the molecule is CCOCc1nc(Cl)cc(-c2cc(F)ccc2OC)n1. The summed E-state index contributed by atoms with van der Waals surface area (Å²) in [5, 5.41) is 0.274. The lowest BCUT2D eigenvalue weighted by atomic mass is 10.1. The van der Waals surface area contributed by atoms with E-state index in [1.54, 1.807) is 12.1 Å². The Bertz CT molecular complexity index is 608. The summed E-state index contributed by atoms with van der Waals surface area (Å²) in [6.07, 6.45) is 0. The molecule has 0 fully saturated rings. The van der Waals surface area contributed by atoms with Gasteiger partial charge in [-0.15, -0.1) is 0 Å². The number of hydrogen-bond donors (Lipinski definition) is 0. The highest BCUT2D eigenvalue weighted by molar-refractivity contribution is 6.29. The van der Waals surface area contributed by atoms with Gasteiger partial charge in [-0.25, -0.2) is 14.4 Å². The first-order chi connectivity index (χ1) is 9.63. The van der Waals surface area contributed by atoms with Gasteiger partial charge in [0.2, 0.25) is 0 Å². The predicted molar refractivity (Wildman–Crippen MR) is 74.3 cm³/mol. The molecule has 0 atom stereocenters. The van der Waals surface area contributed by atoms with Crippen LogP contribution < -0.4 is 4.74 Å². The summed E-state index contributed by atoms with van der Waals surface area (Å²) in [5.41, 5.74) is 1.02. The molecule has 4 nitrogen and oxygen atoms in total. The van der Waals surface area contributed by atoms with E-state index in [1.807, 2.05) is 6.92 Å². The highest BCUT2D eigenvalue weighted by Gasteiger charge is 2.11. The molecule has 0 N–H and O–H groups in total. The minimum absolute atomic E-state index is 0.252. The van der Waals surface area contributed by atoms with Gasteiger partial charge in [0.05, 0.1) is 12.8 Å². The van der Waals surface area contributed by atoms with Crippen LogP contribution in [0.3, 0.4) is 0 Å². The Labute approximate surface area is 121 Å². The van der Waals surface area contributed by atoms with Crippen molar-refractivity contribution in [2.24, 2.45) is 0 Å². The van der Waals surface area contributed by atoms with Crippen molar-refractivity contribution >= 4 is 11.6 Å². The lowest BCUT2D eigenvalue weighted by Gasteiger charge is -2.09. The molecule has 0 spiro atoms. The molecule has 0 bridgehead atoms. The van der Waals surface area contributed by atoms with E-state index in [-0.39, 0.29) is 17.6 Å². The standard InChI is InChI=1S/C14H14ClFN2O2/c1-3-20-8-14-17-11(7-13(15)18-14)10-6-9(16)4-5-12(10)19-2/h4-7H,3,8H2,1-2H3. The van der Waals surface area contributed by atoms with E-state index in [9.17, 15) is 4.39 Å². The Morgan fingerprint density at radius 2 is 2.05 bits per heavy atom. The van der Waals surface area contributed by atoms with Gasteiger partial charge < -0.3 is 9.47 Å². The third-order valence-corrected chi connectivity index (χ3v) is 2.81. The summed E-state index contributed by atoms with van der Waals surface area (Å²) in [5.74, 6) is 0.589. The largest absolute Gasteiger partial charge is 0.496 e. The third kappa shape index (κ3) is 3.43. The average Bonchev–Trinajstić information content (AvgIpc) is 2.44. The maximum Gasteiger partial charge on any atom is 0.156 e. The van der Waals surface area contributed by atoms with Crippen LogP contribution in [0, 0.1) is 5.82 Å². The van der Waals surface area contributed by atoms with Crippen molar-refractivity contribution in [1.82, 2.24) is 9.97 Å². The summed E-state index contributed by atoms with van der Waals surface area (Å²) in [7, 11) is 1.51. The first-order valence-corrected chi connectivity index (χ1v) is 6.47. The quantitative estimate of drug-likeness (QED) is 0.792. The molecule has 0 unspecified atom stereocenters. The first-order valence-electron chi connectivity index (χ1n) is 6.09. The second-order valence-electron chi connectivity index (χ2n) is 3.97. The van der Waals surface area contributed by atoms with Crippen molar-refractivity contribution < 1.29 is 13.9 Å². The molecule has 106 valence electrons. The van der Waals surface area contributed by atoms with Gasteiger partial charge in [0.1, 0.15) is 23.3 Å². The van der Waals surface area contributed by atoms with Gasteiger partial charge in [0.15, 0.2) is 5.82 Å². The van der Waals surface area contributed by atoms with Crippen molar-refractivity contribution in [3.05, 3.63) is 41.1 Å². The molecule has 0 radical (unpaired) electrons. The van der Waals surface area contributed by atoms with E-state index in [1.165, 1.54) is 19.2 Å². The molecular weight excluding hydrogens is 283 g/mol. The van der Waals surface area contributed by atoms with Gasteiger partial charge in [-0.05, 0) is 25.1 Å². The van der Waals surface area contributed by atoms with E-state index < -0.39 is 0 Å². The summed E-state index contributed by atoms with van der Waals surface area (Å²) in [6, 6.07) is 5.78. The van der Waals surface area contributed by atoms with E-state index in [0.29, 0.717) is 29.4 Å². The van der Waals surface area contributed by atoms with Crippen LogP contribution in [0.25, 0.3) is 11.3 Å². The lowest BCUT2D eigenvalue weighted by Crippen LogP contribution is -2.01. The number of aromatic nitrogens is 2. The Hall–Kier alpha value is -1.72. The monoisotopic (exact) mass is 296 g/mol. The molecule has 0 aliphatic rings. The molecule has 0 saturated heterocycles. The van der Waals surface area contributed by atoms with Crippen LogP contribution >= 0.6 is 11.6 Å². The number of rotatable bonds is 5. The molecular formula is C14H14ClFN2O2. The van der Waals surface area contributed by atoms with Crippen molar-refractivity contribution in [3.63, 3.8) is 0 Å². The summed E-state index contributed by atoms with van der Waals surface area (Å²) in [6.45, 7) is 2.68. The normalized spacial score (nSPS) is 10.6. The second kappa shape index (κ2) is 6.63. The van der Waals surface area contributed by atoms with E-state index >= 15 is 0 Å². The van der Waals surface area contributed by atoms with Gasteiger partial charge in [-0.1, -0.05) is 11.6 Å². The molecule has 0 aliphatic carbocycles. The number of methoxy groups -OCH3 is 1. The maximum atomic E-state index is 13.4. The fourth-order valence-electron chi connectivity index (χ4n) is 1.74. The third-order valence-electron chi connectivity index (χ3n) is 2.61. The Kier molecular flexibility index (Phi) is 4.87. The van der Waals surface area contributed by atoms with Crippen molar-refractivity contribution in [3.8, 4) is 17.0 Å². The predicted octanol–water partition coefficient (Wildman–Crippen LogP) is 3.48. The Morgan fingerprint density at radius 1 is 1.25 bits per heavy atom. The molecule has 1 aromatic heterocycles. The second-order valence-corrected chi connectivity index (χ2v) is 4.36. The molecule has 0 amide bonds. The summed E-state index contributed by atoms with van der Waals surface area (Å²) < 4.78 is 23.9. The smallest absolute Gasteiger partial charge is 0.156 e. The summed E-state index contributed by atoms with van der Waals surface area (Å²) in [4.78, 5) is 8.39. The van der Waals surface area contributed by atoms with Crippen LogP contribution in [0.15, 0.2) is 24.3 Å². The molecule has 0 aliphatic heterocycles. The lowest BCUT2D eigenvalue weighted by molar-refractivity contribution is 0.128. The first kappa shape index (κ1) is 14.7. The van der Waals surface area contributed by atoms with Crippen molar-refractivity contribution in [1.29, 1.82) is 0 Å². The number of hydrogen-bond acceptors (Lipinski definition) is 4. The molecule has 20 heavy (non-hydrogen) atoms. The van der Waals surface area contributed by atoms with E-state index in [4.69, 9.17) is 21.1 Å². The van der Waals surface area contributed by atoms with Crippen LogP contribution in [0.2, 0.25) is 5.15 Å². The van der Waals surface area contributed by atoms with Gasteiger partial charge in [-0.2, -0.15) is 0 Å². The fourth-order valence-corrected chi connectivity index (χ4v) is 1.94. The van der Waals surface area contributed by atoms with E-state index in [2.05, 4.69) is 9.97 Å². The molecule has 1 aromatic carbocycles. The average molecular weight is 297 g/mol. The Balaban J connectivity index is 2.46. The molecule has 2 rings (SSSR count). The molecule has 2 aromatic rings. The van der Waals surface area contributed by atoms with Gasteiger partial charge in [0.25, 0.3) is 0 Å². The van der Waals surface area contributed by atoms with Crippen LogP contribution in [-0.4, -0.2) is 23.7 Å². The minimum atomic E-state index is -0.373. The zero-order valence-electron chi connectivity index (χ0n) is 11.2. The molecule has 1 heterocycles. The highest BCUT2D eigenvalue weighted by Crippen LogP contribution is 2.30. The molecule has 6 heteroatoms. The van der Waals surface area contributed by atoms with Gasteiger partial charge in [-0.3, -0.25) is 0 Å². The molecule has 0 saturated carbocycles. The maximum absolute atomic E-state index is 13.4. The van der Waals surface area contributed by atoms with Gasteiger partial charge >= 0.3 is 0 Å². The van der Waals surface area contributed by atoms with E-state index in [0.717, 1.165) is 0 Å². The van der Waals surface area contributed by atoms with Crippen LogP contribution in [0.4, 0.5) is 4.39 Å². The van der Waals surface area contributed by atoms with Crippen molar-refractivity contribution in [2.75, 3.05) is 13.7 Å². The van der Waals surface area contributed by atoms with Crippen LogP contribution in [0.5, 0.6) is 5.75 Å². The fraction of sp³-hybridized carbons (Fsp3) is 0.286. The number of nitrogens with zero attached hydrogens (tertiary/aromatic N) is 2. The summed E-state index contributed by atoms with van der Waals surface area (Å²) >= 11 is 5.97. The number of benzene rings is 1. The van der Waals surface area contributed by atoms with Gasteiger partial charge in [0, 0.05) is 18.2 Å². The van der Waals surface area contributed by atoms with Crippen LogP contribution in [0.1, 0.15) is 12.7 Å². The number of ether oxygens (including phenoxy) is 2. The Morgan fingerprint density at radius 3 is 2.75 bits per heavy atom. The van der Waals surface area contributed by atoms with Crippen LogP contribution in [-0.2, 0) is 11.3 Å². The van der Waals surface area contributed by atoms with Crippen molar-refractivity contribution in [2.45, 2.75) is 13.5 Å². The zero-order valence-corrected chi connectivity index (χ0v) is 11.9. The zero-order chi connectivity index (χ0) is 14.5.